The van der Waals surface area contributed by atoms with Gasteiger partial charge in [0.25, 0.3) is 0 Å². The molecule has 5 nitrogen and oxygen atoms in total. The van der Waals surface area contributed by atoms with Gasteiger partial charge in [-0.2, -0.15) is 26.3 Å². The topological polar surface area (TPSA) is 68.3 Å². The number of hydrogen-bond acceptors (Lipinski definition) is 4. The van der Waals surface area contributed by atoms with Crippen molar-refractivity contribution in [3.05, 3.63) is 63.1 Å². The molecule has 1 heterocycles. The third-order valence-electron chi connectivity index (χ3n) is 3.63. The molecule has 28 heavy (non-hydrogen) atoms. The van der Waals surface area contributed by atoms with Crippen LogP contribution < -0.4 is 5.76 Å². The van der Waals surface area contributed by atoms with Crippen molar-refractivity contribution >= 4 is 11.6 Å². The largest absolute Gasteiger partial charge is 0.506 e. The second-order valence-electron chi connectivity index (χ2n) is 5.54. The van der Waals surface area contributed by atoms with E-state index in [1.54, 1.807) is 0 Å². The number of hydrogen-bond donors (Lipinski definition) is 1. The summed E-state index contributed by atoms with van der Waals surface area (Å²) in [5.74, 6) is -2.46. The van der Waals surface area contributed by atoms with Gasteiger partial charge in [0.1, 0.15) is 5.75 Å². The van der Waals surface area contributed by atoms with E-state index in [0.717, 1.165) is 12.1 Å². The zero-order valence-corrected chi connectivity index (χ0v) is 14.0. The van der Waals surface area contributed by atoms with Crippen molar-refractivity contribution in [3.63, 3.8) is 0 Å². The van der Waals surface area contributed by atoms with Crippen molar-refractivity contribution in [3.8, 4) is 22.8 Å². The molecule has 2 aromatic carbocycles. The maximum atomic E-state index is 13.1. The molecular formula is C16H7ClF6N2O3. The van der Waals surface area contributed by atoms with Crippen molar-refractivity contribution in [1.29, 1.82) is 0 Å². The maximum Gasteiger partial charge on any atom is 0.446 e. The number of phenols is 1. The third kappa shape index (κ3) is 3.70. The lowest BCUT2D eigenvalue weighted by molar-refractivity contribution is -0.143. The molecule has 0 bridgehead atoms. The van der Waals surface area contributed by atoms with Crippen molar-refractivity contribution in [2.24, 2.45) is 0 Å². The zero-order chi connectivity index (χ0) is 20.9. The Morgan fingerprint density at radius 2 is 1.54 bits per heavy atom. The SMILES string of the molecule is O=c1onc(-c2cc(C(F)(F)F)cc(C(F)(F)F)c2)n1-c1cc(Cl)ccc1O. The quantitative estimate of drug-likeness (QED) is 0.595. The second kappa shape index (κ2) is 6.59. The summed E-state index contributed by atoms with van der Waals surface area (Å²) in [5, 5.41) is 13.2. The number of aromatic nitrogens is 2. The minimum Gasteiger partial charge on any atom is -0.506 e. The van der Waals surface area contributed by atoms with Gasteiger partial charge in [-0.25, -0.2) is 9.36 Å². The Morgan fingerprint density at radius 1 is 0.964 bits per heavy atom. The molecule has 0 aliphatic carbocycles. The highest BCUT2D eigenvalue weighted by atomic mass is 35.5. The van der Waals surface area contributed by atoms with Crippen LogP contribution in [0.2, 0.25) is 5.02 Å². The van der Waals surface area contributed by atoms with Gasteiger partial charge in [-0.15, -0.1) is 0 Å². The molecule has 148 valence electrons. The molecule has 0 unspecified atom stereocenters. The van der Waals surface area contributed by atoms with Gasteiger partial charge in [0.2, 0.25) is 0 Å². The first kappa shape index (κ1) is 19.8. The van der Waals surface area contributed by atoms with Crippen molar-refractivity contribution in [2.45, 2.75) is 12.4 Å². The molecule has 0 atom stereocenters. The Hall–Kier alpha value is -2.95. The summed E-state index contributed by atoms with van der Waals surface area (Å²) in [5.41, 5.74) is -4.24. The van der Waals surface area contributed by atoms with Gasteiger partial charge < -0.3 is 5.11 Å². The van der Waals surface area contributed by atoms with Crippen LogP contribution in [0, 0.1) is 0 Å². The molecule has 0 spiro atoms. The highest BCUT2D eigenvalue weighted by Crippen LogP contribution is 2.39. The normalized spacial score (nSPS) is 12.4. The lowest BCUT2D eigenvalue weighted by Gasteiger charge is -2.14. The number of phenolic OH excluding ortho intramolecular Hbond substituents is 1. The highest BCUT2D eigenvalue weighted by Gasteiger charge is 2.37. The summed E-state index contributed by atoms with van der Waals surface area (Å²) in [7, 11) is 0. The first-order valence-electron chi connectivity index (χ1n) is 7.25. The molecule has 0 fully saturated rings. The van der Waals surface area contributed by atoms with Crippen LogP contribution >= 0.6 is 11.6 Å². The molecule has 0 amide bonds. The minimum atomic E-state index is -5.09. The average Bonchev–Trinajstić information content (AvgIpc) is 2.96. The number of benzene rings is 2. The van der Waals surface area contributed by atoms with Crippen molar-refractivity contribution < 1.29 is 36.0 Å². The number of nitrogens with zero attached hydrogens (tertiary/aromatic N) is 2. The summed E-state index contributed by atoms with van der Waals surface area (Å²) in [6.45, 7) is 0. The van der Waals surface area contributed by atoms with Gasteiger partial charge in [-0.05, 0) is 36.4 Å². The fourth-order valence-electron chi connectivity index (χ4n) is 2.40. The fraction of sp³-hybridized carbons (Fsp3) is 0.125. The number of aromatic hydroxyl groups is 1. The van der Waals surface area contributed by atoms with Gasteiger partial charge in [0.15, 0.2) is 5.82 Å². The Kier molecular flexibility index (Phi) is 4.66. The van der Waals surface area contributed by atoms with E-state index in [0.29, 0.717) is 16.7 Å². The zero-order valence-electron chi connectivity index (χ0n) is 13.3. The minimum absolute atomic E-state index is 0.0341. The first-order chi connectivity index (χ1) is 12.9. The lowest BCUT2D eigenvalue weighted by Crippen LogP contribution is -2.15. The van der Waals surface area contributed by atoms with Crippen molar-refractivity contribution in [2.75, 3.05) is 0 Å². The summed E-state index contributed by atoms with van der Waals surface area (Å²) in [6.07, 6.45) is -10.2. The van der Waals surface area contributed by atoms with E-state index in [1.165, 1.54) is 6.07 Å². The molecule has 3 aromatic rings. The molecule has 0 aliphatic heterocycles. The van der Waals surface area contributed by atoms with Crippen LogP contribution in [0.4, 0.5) is 26.3 Å². The number of halogens is 7. The van der Waals surface area contributed by atoms with Gasteiger partial charge in [-0.1, -0.05) is 16.8 Å². The number of rotatable bonds is 2. The van der Waals surface area contributed by atoms with Gasteiger partial charge >= 0.3 is 18.1 Å². The molecule has 0 saturated carbocycles. The average molecular weight is 425 g/mol. The van der Waals surface area contributed by atoms with Crippen LogP contribution in [0.3, 0.4) is 0 Å². The second-order valence-corrected chi connectivity index (χ2v) is 5.97. The van der Waals surface area contributed by atoms with Crippen molar-refractivity contribution in [1.82, 2.24) is 9.72 Å². The Morgan fingerprint density at radius 3 is 2.07 bits per heavy atom. The molecule has 1 N–H and O–H groups in total. The van der Waals surface area contributed by atoms with Crippen LogP contribution in [0.1, 0.15) is 11.1 Å². The third-order valence-corrected chi connectivity index (χ3v) is 3.86. The van der Waals surface area contributed by atoms with E-state index in [1.807, 2.05) is 0 Å². The molecule has 0 radical (unpaired) electrons. The maximum absolute atomic E-state index is 13.1. The van der Waals surface area contributed by atoms with Crippen LogP contribution in [-0.4, -0.2) is 14.8 Å². The predicted molar refractivity (Wildman–Crippen MR) is 84.2 cm³/mol. The smallest absolute Gasteiger partial charge is 0.446 e. The summed E-state index contributed by atoms with van der Waals surface area (Å²) in [6, 6.07) is 4.09. The van der Waals surface area contributed by atoms with Crippen LogP contribution in [0.5, 0.6) is 5.75 Å². The van der Waals surface area contributed by atoms with E-state index in [9.17, 15) is 36.2 Å². The monoisotopic (exact) mass is 424 g/mol. The van der Waals surface area contributed by atoms with Crippen LogP contribution in [-0.2, 0) is 12.4 Å². The standard InChI is InChI=1S/C16H7ClF6N2O3/c17-10-1-2-12(26)11(6-10)25-13(24-28-14(25)27)7-3-8(15(18,19)20)5-9(4-7)16(21,22)23/h1-6,26H. The molecule has 12 heteroatoms. The van der Waals surface area contributed by atoms with E-state index in [4.69, 9.17) is 11.6 Å². The van der Waals surface area contributed by atoms with E-state index < -0.39 is 46.4 Å². The Balaban J connectivity index is 2.32. The molecule has 0 aliphatic rings. The molecular weight excluding hydrogens is 418 g/mol. The predicted octanol–water partition coefficient (Wildman–Crippen LogP) is 4.89. The first-order valence-corrected chi connectivity index (χ1v) is 7.63. The summed E-state index contributed by atoms with van der Waals surface area (Å²) >= 11 is 5.78. The van der Waals surface area contributed by atoms with Crippen LogP contribution in [0.15, 0.2) is 45.7 Å². The van der Waals surface area contributed by atoms with Gasteiger partial charge in [-0.3, -0.25) is 4.52 Å². The van der Waals surface area contributed by atoms with Crippen LogP contribution in [0.25, 0.3) is 17.1 Å². The Bertz CT molecular complexity index is 1070. The molecule has 3 rings (SSSR count). The van der Waals surface area contributed by atoms with E-state index in [2.05, 4.69) is 9.68 Å². The molecule has 0 saturated heterocycles. The molecule has 1 aromatic heterocycles. The fourth-order valence-corrected chi connectivity index (χ4v) is 2.57. The van der Waals surface area contributed by atoms with E-state index in [-0.39, 0.29) is 16.8 Å². The Labute approximate surface area is 156 Å². The summed E-state index contributed by atoms with van der Waals surface area (Å²) < 4.78 is 83.3. The lowest BCUT2D eigenvalue weighted by atomic mass is 10.0. The number of alkyl halides is 6. The van der Waals surface area contributed by atoms with Gasteiger partial charge in [0, 0.05) is 10.6 Å². The van der Waals surface area contributed by atoms with Gasteiger partial charge in [0.05, 0.1) is 16.8 Å². The highest BCUT2D eigenvalue weighted by molar-refractivity contribution is 6.30. The van der Waals surface area contributed by atoms with E-state index >= 15 is 0 Å². The summed E-state index contributed by atoms with van der Waals surface area (Å²) in [4.78, 5) is 12.0.